The monoisotopic (exact) mass is 305 g/mol. The van der Waals surface area contributed by atoms with Gasteiger partial charge in [-0.3, -0.25) is 9.48 Å². The molecule has 1 aromatic heterocycles. The van der Waals surface area contributed by atoms with Crippen molar-refractivity contribution in [3.05, 3.63) is 17.5 Å². The Hall–Kier alpha value is -1.40. The normalized spacial score (nSPS) is 32.7. The van der Waals surface area contributed by atoms with Crippen LogP contribution in [0.5, 0.6) is 0 Å². The van der Waals surface area contributed by atoms with Crippen LogP contribution >= 0.6 is 0 Å². The Balaban J connectivity index is 1.54. The number of methoxy groups -OCH3 is 1. The average Bonchev–Trinajstić information content (AvgIpc) is 2.91. The number of rotatable bonds is 4. The third kappa shape index (κ3) is 2.16. The molecule has 22 heavy (non-hydrogen) atoms. The van der Waals surface area contributed by atoms with Crippen LogP contribution in [-0.4, -0.2) is 54.1 Å². The second-order valence-electron chi connectivity index (χ2n) is 6.66. The molecule has 1 unspecified atom stereocenters. The maximum atomic E-state index is 12.8. The molecule has 1 aliphatic carbocycles. The van der Waals surface area contributed by atoms with E-state index in [9.17, 15) is 4.79 Å². The zero-order valence-electron chi connectivity index (χ0n) is 13.2. The Morgan fingerprint density at radius 1 is 1.45 bits per heavy atom. The summed E-state index contributed by atoms with van der Waals surface area (Å²) in [7, 11) is 1.71. The van der Waals surface area contributed by atoms with Gasteiger partial charge < -0.3 is 14.4 Å². The molecule has 1 amide bonds. The molecule has 0 aromatic carbocycles. The van der Waals surface area contributed by atoms with E-state index < -0.39 is 0 Å². The third-order valence-corrected chi connectivity index (χ3v) is 5.30. The van der Waals surface area contributed by atoms with Gasteiger partial charge in [0.2, 0.25) is 5.91 Å². The first kappa shape index (κ1) is 14.2. The number of hydrogen-bond donors (Lipinski definition) is 0. The van der Waals surface area contributed by atoms with Crippen molar-refractivity contribution in [1.82, 2.24) is 14.7 Å². The molecule has 0 bridgehead atoms. The molecule has 1 saturated carbocycles. The summed E-state index contributed by atoms with van der Waals surface area (Å²) in [6.07, 6.45) is 2.08. The highest BCUT2D eigenvalue weighted by atomic mass is 16.5. The zero-order valence-corrected chi connectivity index (χ0v) is 13.2. The summed E-state index contributed by atoms with van der Waals surface area (Å²) in [5, 5.41) is 4.66. The van der Waals surface area contributed by atoms with Crippen LogP contribution in [0.1, 0.15) is 24.1 Å². The summed E-state index contributed by atoms with van der Waals surface area (Å²) < 4.78 is 12.7. The van der Waals surface area contributed by atoms with Crippen LogP contribution in [0, 0.1) is 17.8 Å². The minimum Gasteiger partial charge on any atom is -0.384 e. The number of ether oxygens (including phenoxy) is 2. The average molecular weight is 305 g/mol. The predicted molar refractivity (Wildman–Crippen MR) is 79.2 cm³/mol. The summed E-state index contributed by atoms with van der Waals surface area (Å²) in [5.74, 6) is 1.61. The molecule has 2 fully saturated rings. The van der Waals surface area contributed by atoms with Crippen LogP contribution in [0.15, 0.2) is 6.20 Å². The van der Waals surface area contributed by atoms with Crippen molar-refractivity contribution in [1.29, 1.82) is 0 Å². The Labute approximate surface area is 130 Å². The van der Waals surface area contributed by atoms with Gasteiger partial charge in [0.25, 0.3) is 0 Å². The molecule has 3 heterocycles. The van der Waals surface area contributed by atoms with Crippen molar-refractivity contribution in [2.75, 3.05) is 33.5 Å². The van der Waals surface area contributed by atoms with Gasteiger partial charge in [-0.1, -0.05) is 0 Å². The zero-order chi connectivity index (χ0) is 15.3. The van der Waals surface area contributed by atoms with Crippen molar-refractivity contribution >= 4 is 5.91 Å². The maximum Gasteiger partial charge on any atom is 0.226 e. The molecule has 0 spiro atoms. The lowest BCUT2D eigenvalue weighted by Gasteiger charge is -2.32. The quantitative estimate of drug-likeness (QED) is 0.828. The van der Waals surface area contributed by atoms with Crippen molar-refractivity contribution < 1.29 is 14.3 Å². The van der Waals surface area contributed by atoms with E-state index in [0.717, 1.165) is 32.0 Å². The molecule has 6 heteroatoms. The van der Waals surface area contributed by atoms with E-state index in [4.69, 9.17) is 9.47 Å². The Bertz CT molecular complexity index is 575. The summed E-state index contributed by atoms with van der Waals surface area (Å²) in [4.78, 5) is 14.8. The molecule has 4 rings (SSSR count). The van der Waals surface area contributed by atoms with Crippen LogP contribution in [0.25, 0.3) is 0 Å². The largest absolute Gasteiger partial charge is 0.384 e. The van der Waals surface area contributed by atoms with E-state index >= 15 is 0 Å². The molecule has 0 radical (unpaired) electrons. The van der Waals surface area contributed by atoms with E-state index in [1.165, 1.54) is 5.56 Å². The van der Waals surface area contributed by atoms with E-state index in [0.29, 0.717) is 30.9 Å². The summed E-state index contributed by atoms with van der Waals surface area (Å²) >= 11 is 0. The number of fused-ring (bicyclic) bond motifs is 2. The van der Waals surface area contributed by atoms with Gasteiger partial charge in [-0.25, -0.2) is 0 Å². The van der Waals surface area contributed by atoms with Crippen molar-refractivity contribution in [3.8, 4) is 0 Å². The smallest absolute Gasteiger partial charge is 0.226 e. The van der Waals surface area contributed by atoms with Gasteiger partial charge in [0.05, 0.1) is 25.5 Å². The van der Waals surface area contributed by atoms with Gasteiger partial charge in [0.15, 0.2) is 0 Å². The first-order valence-corrected chi connectivity index (χ1v) is 8.14. The van der Waals surface area contributed by atoms with E-state index in [1.54, 1.807) is 7.11 Å². The maximum absolute atomic E-state index is 12.8. The fourth-order valence-electron chi connectivity index (χ4n) is 4.05. The lowest BCUT2D eigenvalue weighted by molar-refractivity contribution is -0.135. The lowest BCUT2D eigenvalue weighted by atomic mass is 9.96. The van der Waals surface area contributed by atoms with Crippen LogP contribution in [0.2, 0.25) is 0 Å². The first-order valence-electron chi connectivity index (χ1n) is 8.14. The number of amides is 1. The second-order valence-corrected chi connectivity index (χ2v) is 6.66. The first-order chi connectivity index (χ1) is 10.7. The Morgan fingerprint density at radius 2 is 2.23 bits per heavy atom. The van der Waals surface area contributed by atoms with Gasteiger partial charge in [0, 0.05) is 50.3 Å². The molecule has 3 aliphatic rings. The minimum atomic E-state index is 0.181. The SMILES string of the molecule is CCn1cc2c(n1)[C@H](COC)CN(C(=O)C1[C@H]3COC[C@@H]13)C2. The Morgan fingerprint density at radius 3 is 2.91 bits per heavy atom. The number of aryl methyl sites for hydroxylation is 1. The van der Waals surface area contributed by atoms with E-state index in [-0.39, 0.29) is 11.8 Å². The molecule has 1 aromatic rings. The number of aromatic nitrogens is 2. The minimum absolute atomic E-state index is 0.181. The second kappa shape index (κ2) is 5.35. The molecular formula is C16H23N3O3. The van der Waals surface area contributed by atoms with E-state index in [2.05, 4.69) is 18.2 Å². The summed E-state index contributed by atoms with van der Waals surface area (Å²) in [5.41, 5.74) is 2.28. The highest BCUT2D eigenvalue weighted by molar-refractivity contribution is 5.83. The number of carbonyl (C=O) groups is 1. The third-order valence-electron chi connectivity index (χ3n) is 5.30. The number of nitrogens with zero attached hydrogens (tertiary/aromatic N) is 3. The topological polar surface area (TPSA) is 56.6 Å². The standard InChI is InChI=1S/C16H23N3O3/c1-3-19-6-10-4-18(5-11(7-21-2)15(10)17-19)16(20)14-12-8-22-9-13(12)14/h6,11-14H,3-5,7-9H2,1-2H3/t11-,12-,13+,14?/m0/s1. The van der Waals surface area contributed by atoms with E-state index in [1.807, 2.05) is 9.58 Å². The molecule has 6 nitrogen and oxygen atoms in total. The summed E-state index contributed by atoms with van der Waals surface area (Å²) in [6.45, 7) is 6.47. The molecule has 4 atom stereocenters. The highest BCUT2D eigenvalue weighted by Gasteiger charge is 2.59. The molecule has 2 aliphatic heterocycles. The fourth-order valence-corrected chi connectivity index (χ4v) is 4.05. The van der Waals surface area contributed by atoms with Gasteiger partial charge in [0.1, 0.15) is 0 Å². The Kier molecular flexibility index (Phi) is 3.46. The highest BCUT2D eigenvalue weighted by Crippen LogP contribution is 2.52. The molecule has 1 saturated heterocycles. The lowest BCUT2D eigenvalue weighted by Crippen LogP contribution is -2.41. The van der Waals surface area contributed by atoms with Gasteiger partial charge in [-0.15, -0.1) is 0 Å². The van der Waals surface area contributed by atoms with Crippen LogP contribution in [0.3, 0.4) is 0 Å². The van der Waals surface area contributed by atoms with Gasteiger partial charge in [-0.05, 0) is 18.8 Å². The fraction of sp³-hybridized carbons (Fsp3) is 0.750. The number of carbonyl (C=O) groups excluding carboxylic acids is 1. The van der Waals surface area contributed by atoms with Crippen LogP contribution in [0.4, 0.5) is 0 Å². The van der Waals surface area contributed by atoms with Crippen molar-refractivity contribution in [2.24, 2.45) is 17.8 Å². The summed E-state index contributed by atoms with van der Waals surface area (Å²) in [6, 6.07) is 0. The van der Waals surface area contributed by atoms with Crippen LogP contribution < -0.4 is 0 Å². The molecular weight excluding hydrogens is 282 g/mol. The van der Waals surface area contributed by atoms with Gasteiger partial charge >= 0.3 is 0 Å². The molecule has 120 valence electrons. The van der Waals surface area contributed by atoms with Gasteiger partial charge in [-0.2, -0.15) is 5.10 Å². The molecule has 0 N–H and O–H groups in total. The number of hydrogen-bond acceptors (Lipinski definition) is 4. The van der Waals surface area contributed by atoms with Crippen LogP contribution in [-0.2, 0) is 27.4 Å². The van der Waals surface area contributed by atoms with Crippen molar-refractivity contribution in [3.63, 3.8) is 0 Å². The van der Waals surface area contributed by atoms with Crippen molar-refractivity contribution in [2.45, 2.75) is 25.9 Å². The predicted octanol–water partition coefficient (Wildman–Crippen LogP) is 0.868.